The number of hydrogen-bond donors (Lipinski definition) is 1. The monoisotopic (exact) mass is 288 g/mol. The van der Waals surface area contributed by atoms with Gasteiger partial charge in [-0.2, -0.15) is 8.78 Å². The van der Waals surface area contributed by atoms with Crippen LogP contribution >= 0.6 is 0 Å². The fourth-order valence-corrected chi connectivity index (χ4v) is 2.64. The number of nitrogen functional groups attached to an aromatic ring is 1. The summed E-state index contributed by atoms with van der Waals surface area (Å²) in [7, 11) is 0. The van der Waals surface area contributed by atoms with E-state index in [1.165, 1.54) is 6.07 Å². The molecule has 0 aliphatic carbocycles. The standard InChI is InChI=1S/C14H19F3N2O/c1-2-9-4-3-5-19(8-9)12-7-13(20-14(16)17)10(15)6-11(12)18/h6-7,9,14H,2-5,8,18H2,1H3. The first-order valence-electron chi connectivity index (χ1n) is 6.80. The third kappa shape index (κ3) is 3.29. The number of rotatable bonds is 4. The van der Waals surface area contributed by atoms with Crippen LogP contribution in [0.3, 0.4) is 0 Å². The summed E-state index contributed by atoms with van der Waals surface area (Å²) in [5, 5.41) is 0. The smallest absolute Gasteiger partial charge is 0.387 e. The van der Waals surface area contributed by atoms with Crippen molar-refractivity contribution in [2.24, 2.45) is 5.92 Å². The van der Waals surface area contributed by atoms with Crippen molar-refractivity contribution in [3.05, 3.63) is 17.9 Å². The van der Waals surface area contributed by atoms with Crippen LogP contribution in [0.1, 0.15) is 26.2 Å². The number of alkyl halides is 2. The molecule has 20 heavy (non-hydrogen) atoms. The summed E-state index contributed by atoms with van der Waals surface area (Å²) >= 11 is 0. The lowest BCUT2D eigenvalue weighted by molar-refractivity contribution is -0.0521. The Morgan fingerprint density at radius 3 is 2.85 bits per heavy atom. The maximum atomic E-state index is 13.5. The molecule has 1 aromatic rings. The lowest BCUT2D eigenvalue weighted by atomic mass is 9.95. The summed E-state index contributed by atoms with van der Waals surface area (Å²) in [6, 6.07) is 2.32. The molecule has 0 saturated carbocycles. The highest BCUT2D eigenvalue weighted by Gasteiger charge is 2.22. The van der Waals surface area contributed by atoms with Gasteiger partial charge in [0, 0.05) is 25.2 Å². The van der Waals surface area contributed by atoms with Gasteiger partial charge in [0.2, 0.25) is 0 Å². The number of hydrogen-bond acceptors (Lipinski definition) is 3. The van der Waals surface area contributed by atoms with Crippen LogP contribution in [-0.4, -0.2) is 19.7 Å². The first-order chi connectivity index (χ1) is 9.51. The Bertz CT molecular complexity index is 468. The van der Waals surface area contributed by atoms with Crippen molar-refractivity contribution in [3.8, 4) is 5.75 Å². The molecule has 1 aliphatic rings. The third-order valence-corrected chi connectivity index (χ3v) is 3.73. The van der Waals surface area contributed by atoms with Gasteiger partial charge in [-0.25, -0.2) is 4.39 Å². The molecule has 2 N–H and O–H groups in total. The lowest BCUT2D eigenvalue weighted by Gasteiger charge is -2.35. The normalized spacial score (nSPS) is 19.4. The van der Waals surface area contributed by atoms with Crippen LogP contribution in [0.15, 0.2) is 12.1 Å². The Labute approximate surface area is 116 Å². The molecule has 0 spiro atoms. The molecule has 1 fully saturated rings. The van der Waals surface area contributed by atoms with E-state index in [0.717, 1.165) is 38.4 Å². The van der Waals surface area contributed by atoms with Crippen LogP contribution in [-0.2, 0) is 0 Å². The topological polar surface area (TPSA) is 38.5 Å². The number of piperidine rings is 1. The van der Waals surface area contributed by atoms with Gasteiger partial charge in [-0.05, 0) is 18.8 Å². The van der Waals surface area contributed by atoms with Crippen LogP contribution in [0.5, 0.6) is 5.75 Å². The molecule has 1 heterocycles. The van der Waals surface area contributed by atoms with E-state index >= 15 is 0 Å². The van der Waals surface area contributed by atoms with E-state index in [1.54, 1.807) is 0 Å². The summed E-state index contributed by atoms with van der Waals surface area (Å²) in [6.45, 7) is 0.666. The Balaban J connectivity index is 2.26. The van der Waals surface area contributed by atoms with Gasteiger partial charge in [0.1, 0.15) is 0 Å². The van der Waals surface area contributed by atoms with E-state index in [0.29, 0.717) is 11.6 Å². The molecule has 2 rings (SSSR count). The van der Waals surface area contributed by atoms with E-state index < -0.39 is 18.2 Å². The Morgan fingerprint density at radius 1 is 1.45 bits per heavy atom. The number of nitrogens with zero attached hydrogens (tertiary/aromatic N) is 1. The molecule has 0 amide bonds. The van der Waals surface area contributed by atoms with Crippen molar-refractivity contribution < 1.29 is 17.9 Å². The molecule has 1 aromatic carbocycles. The van der Waals surface area contributed by atoms with Crippen LogP contribution in [0.4, 0.5) is 24.5 Å². The molecule has 6 heteroatoms. The van der Waals surface area contributed by atoms with E-state index in [2.05, 4.69) is 11.7 Å². The second-order valence-corrected chi connectivity index (χ2v) is 5.08. The van der Waals surface area contributed by atoms with Crippen molar-refractivity contribution in [1.29, 1.82) is 0 Å². The molecule has 0 aromatic heterocycles. The molecule has 3 nitrogen and oxygen atoms in total. The maximum absolute atomic E-state index is 13.5. The summed E-state index contributed by atoms with van der Waals surface area (Å²) in [5.41, 5.74) is 6.63. The predicted molar refractivity (Wildman–Crippen MR) is 72.7 cm³/mol. The minimum absolute atomic E-state index is 0.251. The number of halogens is 3. The highest BCUT2D eigenvalue weighted by molar-refractivity contribution is 5.70. The number of anilines is 2. The van der Waals surface area contributed by atoms with E-state index in [1.807, 2.05) is 4.90 Å². The number of benzene rings is 1. The van der Waals surface area contributed by atoms with Gasteiger partial charge in [-0.3, -0.25) is 0 Å². The summed E-state index contributed by atoms with van der Waals surface area (Å²) < 4.78 is 42.3. The fraction of sp³-hybridized carbons (Fsp3) is 0.571. The fourth-order valence-electron chi connectivity index (χ4n) is 2.64. The van der Waals surface area contributed by atoms with Crippen LogP contribution < -0.4 is 15.4 Å². The average molecular weight is 288 g/mol. The Hall–Kier alpha value is -1.59. The minimum Gasteiger partial charge on any atom is -0.432 e. The van der Waals surface area contributed by atoms with Crippen LogP contribution in [0, 0.1) is 11.7 Å². The first-order valence-corrected chi connectivity index (χ1v) is 6.80. The van der Waals surface area contributed by atoms with Crippen molar-refractivity contribution in [2.45, 2.75) is 32.8 Å². The molecule has 0 bridgehead atoms. The largest absolute Gasteiger partial charge is 0.432 e. The zero-order valence-electron chi connectivity index (χ0n) is 11.4. The van der Waals surface area contributed by atoms with Crippen molar-refractivity contribution in [2.75, 3.05) is 23.7 Å². The van der Waals surface area contributed by atoms with Gasteiger partial charge >= 0.3 is 6.61 Å². The Kier molecular flexibility index (Phi) is 4.62. The van der Waals surface area contributed by atoms with E-state index in [4.69, 9.17) is 5.73 Å². The maximum Gasteiger partial charge on any atom is 0.387 e. The summed E-state index contributed by atoms with van der Waals surface area (Å²) in [4.78, 5) is 2.02. The van der Waals surface area contributed by atoms with Gasteiger partial charge in [-0.15, -0.1) is 0 Å². The predicted octanol–water partition coefficient (Wildman–Crippen LogP) is 3.64. The SMILES string of the molecule is CCC1CCCN(c2cc(OC(F)F)c(F)cc2N)C1. The highest BCUT2D eigenvalue weighted by atomic mass is 19.3. The molecule has 1 unspecified atom stereocenters. The first kappa shape index (κ1) is 14.8. The molecular weight excluding hydrogens is 269 g/mol. The summed E-state index contributed by atoms with van der Waals surface area (Å²) in [6.07, 6.45) is 3.22. The van der Waals surface area contributed by atoms with Crippen molar-refractivity contribution in [1.82, 2.24) is 0 Å². The van der Waals surface area contributed by atoms with Gasteiger partial charge in [0.05, 0.1) is 11.4 Å². The summed E-state index contributed by atoms with van der Waals surface area (Å²) in [5.74, 6) is -0.772. The molecule has 0 radical (unpaired) electrons. The highest BCUT2D eigenvalue weighted by Crippen LogP contribution is 2.34. The van der Waals surface area contributed by atoms with E-state index in [9.17, 15) is 13.2 Å². The lowest BCUT2D eigenvalue weighted by Crippen LogP contribution is -2.35. The average Bonchev–Trinajstić information content (AvgIpc) is 2.41. The minimum atomic E-state index is -3.05. The van der Waals surface area contributed by atoms with E-state index in [-0.39, 0.29) is 5.69 Å². The zero-order valence-corrected chi connectivity index (χ0v) is 11.4. The molecule has 1 atom stereocenters. The third-order valence-electron chi connectivity index (χ3n) is 3.73. The second kappa shape index (κ2) is 6.24. The zero-order chi connectivity index (χ0) is 14.7. The second-order valence-electron chi connectivity index (χ2n) is 5.08. The van der Waals surface area contributed by atoms with Crippen molar-refractivity contribution in [3.63, 3.8) is 0 Å². The van der Waals surface area contributed by atoms with Crippen LogP contribution in [0.2, 0.25) is 0 Å². The number of nitrogens with two attached hydrogens (primary N) is 1. The quantitative estimate of drug-likeness (QED) is 0.860. The van der Waals surface area contributed by atoms with Gasteiger partial charge < -0.3 is 15.4 Å². The number of ether oxygens (including phenoxy) is 1. The van der Waals surface area contributed by atoms with Crippen LogP contribution in [0.25, 0.3) is 0 Å². The van der Waals surface area contributed by atoms with Gasteiger partial charge in [-0.1, -0.05) is 13.3 Å². The van der Waals surface area contributed by atoms with Crippen molar-refractivity contribution >= 4 is 11.4 Å². The van der Waals surface area contributed by atoms with Gasteiger partial charge in [0.15, 0.2) is 11.6 Å². The van der Waals surface area contributed by atoms with Gasteiger partial charge in [0.25, 0.3) is 0 Å². The molecule has 1 aliphatic heterocycles. The molecular formula is C14H19F3N2O. The molecule has 1 saturated heterocycles. The molecule has 112 valence electrons. The Morgan fingerprint density at radius 2 is 2.20 bits per heavy atom.